The van der Waals surface area contributed by atoms with Gasteiger partial charge in [0.15, 0.2) is 0 Å². The molecule has 0 heterocycles. The fourth-order valence-corrected chi connectivity index (χ4v) is 4.09. The summed E-state index contributed by atoms with van der Waals surface area (Å²) in [7, 11) is -2.31. The fourth-order valence-electron chi connectivity index (χ4n) is 2.83. The smallest absolute Gasteiger partial charge is 0.269 e. The van der Waals surface area contributed by atoms with Gasteiger partial charge in [-0.05, 0) is 42.5 Å². The van der Waals surface area contributed by atoms with E-state index in [1.165, 1.54) is 43.5 Å². The second kappa shape index (κ2) is 8.75. The lowest BCUT2D eigenvalue weighted by molar-refractivity contribution is -0.384. The highest BCUT2D eigenvalue weighted by Crippen LogP contribution is 2.24. The molecule has 0 atom stereocenters. The number of ether oxygens (including phenoxy) is 1. The Bertz CT molecular complexity index is 1170. The molecule has 0 bridgehead atoms. The molecule has 3 aromatic rings. The Morgan fingerprint density at radius 3 is 2.10 bits per heavy atom. The zero-order valence-electron chi connectivity index (χ0n) is 15.9. The van der Waals surface area contributed by atoms with Crippen LogP contribution in [0.1, 0.15) is 5.56 Å². The number of carbonyl (C=O) groups excluding carboxylic acids is 1. The number of amides is 1. The second-order valence-corrected chi connectivity index (χ2v) is 8.27. The van der Waals surface area contributed by atoms with E-state index in [2.05, 4.69) is 5.32 Å². The van der Waals surface area contributed by atoms with Crippen molar-refractivity contribution in [2.45, 2.75) is 16.2 Å². The summed E-state index contributed by atoms with van der Waals surface area (Å²) in [6.07, 6.45) is 0.104. The lowest BCUT2D eigenvalue weighted by atomic mass is 10.1. The summed E-state index contributed by atoms with van der Waals surface area (Å²) < 4.78 is 30.6. The standard InChI is InChI=1S/C21H18N2O6S/c1-29-20-5-3-2-4-15(20)14-21(24)22-16-6-10-18(11-7-16)30(27,28)19-12-8-17(9-13-19)23(25)26/h2-13H,14H2,1H3,(H,22,24). The summed E-state index contributed by atoms with van der Waals surface area (Å²) in [6.45, 7) is 0. The third-order valence-electron chi connectivity index (χ3n) is 4.35. The number of methoxy groups -OCH3 is 1. The maximum absolute atomic E-state index is 12.7. The predicted octanol–water partition coefficient (Wildman–Crippen LogP) is 3.62. The first-order chi connectivity index (χ1) is 14.3. The molecule has 30 heavy (non-hydrogen) atoms. The minimum absolute atomic E-state index is 0.0130. The third-order valence-corrected chi connectivity index (χ3v) is 6.14. The molecule has 0 aliphatic carbocycles. The molecule has 1 amide bonds. The molecule has 3 aromatic carbocycles. The molecule has 8 nitrogen and oxygen atoms in total. The van der Waals surface area contributed by atoms with Crippen molar-refractivity contribution in [3.05, 3.63) is 88.5 Å². The molecule has 3 rings (SSSR count). The van der Waals surface area contributed by atoms with Crippen molar-refractivity contribution in [2.24, 2.45) is 0 Å². The first-order valence-electron chi connectivity index (χ1n) is 8.82. The molecule has 9 heteroatoms. The van der Waals surface area contributed by atoms with Gasteiger partial charge in [-0.25, -0.2) is 8.42 Å². The molecule has 0 radical (unpaired) electrons. The van der Waals surface area contributed by atoms with Gasteiger partial charge in [-0.1, -0.05) is 18.2 Å². The number of sulfone groups is 1. The third kappa shape index (κ3) is 4.64. The Labute approximate surface area is 173 Å². The summed E-state index contributed by atoms with van der Waals surface area (Å²) in [5, 5.41) is 13.4. The summed E-state index contributed by atoms with van der Waals surface area (Å²) in [5.41, 5.74) is 0.981. The van der Waals surface area contributed by atoms with Crippen LogP contribution in [0.25, 0.3) is 0 Å². The van der Waals surface area contributed by atoms with Gasteiger partial charge >= 0.3 is 0 Å². The predicted molar refractivity (Wildman–Crippen MR) is 110 cm³/mol. The average molecular weight is 426 g/mol. The van der Waals surface area contributed by atoms with Crippen molar-refractivity contribution in [3.63, 3.8) is 0 Å². The average Bonchev–Trinajstić information content (AvgIpc) is 2.74. The number of para-hydroxylation sites is 1. The number of rotatable bonds is 7. The highest BCUT2D eigenvalue weighted by atomic mass is 32.2. The van der Waals surface area contributed by atoms with Gasteiger partial charge in [0.2, 0.25) is 15.7 Å². The zero-order chi connectivity index (χ0) is 21.7. The van der Waals surface area contributed by atoms with Gasteiger partial charge in [0.1, 0.15) is 5.75 Å². The number of hydrogen-bond acceptors (Lipinski definition) is 6. The minimum Gasteiger partial charge on any atom is -0.496 e. The van der Waals surface area contributed by atoms with Crippen LogP contribution in [-0.2, 0) is 21.1 Å². The van der Waals surface area contributed by atoms with Crippen molar-refractivity contribution in [1.29, 1.82) is 0 Å². The Hall–Kier alpha value is -3.72. The van der Waals surface area contributed by atoms with Gasteiger partial charge in [0.05, 0.1) is 28.2 Å². The van der Waals surface area contributed by atoms with Gasteiger partial charge in [0, 0.05) is 23.4 Å². The van der Waals surface area contributed by atoms with Crippen LogP contribution in [-0.4, -0.2) is 26.4 Å². The van der Waals surface area contributed by atoms with Crippen LogP contribution >= 0.6 is 0 Å². The molecular formula is C21H18N2O6S. The van der Waals surface area contributed by atoms with E-state index in [4.69, 9.17) is 4.74 Å². The fraction of sp³-hybridized carbons (Fsp3) is 0.0952. The number of nitrogens with one attached hydrogen (secondary N) is 1. The van der Waals surface area contributed by atoms with E-state index in [0.29, 0.717) is 11.4 Å². The first kappa shape index (κ1) is 21.0. The molecule has 154 valence electrons. The number of non-ortho nitro benzene ring substituents is 1. The van der Waals surface area contributed by atoms with Crippen LogP contribution in [0.15, 0.2) is 82.6 Å². The van der Waals surface area contributed by atoms with E-state index in [1.54, 1.807) is 12.1 Å². The van der Waals surface area contributed by atoms with Crippen LogP contribution in [0.2, 0.25) is 0 Å². The van der Waals surface area contributed by atoms with E-state index in [0.717, 1.165) is 17.7 Å². The van der Waals surface area contributed by atoms with E-state index in [1.807, 2.05) is 12.1 Å². The zero-order valence-corrected chi connectivity index (χ0v) is 16.8. The first-order valence-corrected chi connectivity index (χ1v) is 10.3. The lowest BCUT2D eigenvalue weighted by Crippen LogP contribution is -2.15. The van der Waals surface area contributed by atoms with E-state index >= 15 is 0 Å². The molecule has 0 spiro atoms. The Balaban J connectivity index is 1.72. The Morgan fingerprint density at radius 2 is 1.53 bits per heavy atom. The molecule has 0 saturated heterocycles. The van der Waals surface area contributed by atoms with Gasteiger partial charge < -0.3 is 10.1 Å². The monoisotopic (exact) mass is 426 g/mol. The Morgan fingerprint density at radius 1 is 0.967 bits per heavy atom. The number of carbonyl (C=O) groups is 1. The van der Waals surface area contributed by atoms with Crippen LogP contribution in [0, 0.1) is 10.1 Å². The van der Waals surface area contributed by atoms with E-state index in [9.17, 15) is 23.3 Å². The summed E-state index contributed by atoms with van der Waals surface area (Å²) >= 11 is 0. The molecular weight excluding hydrogens is 408 g/mol. The van der Waals surface area contributed by atoms with Gasteiger partial charge in [-0.2, -0.15) is 0 Å². The molecule has 0 aliphatic heterocycles. The van der Waals surface area contributed by atoms with Gasteiger partial charge in [-0.15, -0.1) is 0 Å². The normalized spacial score (nSPS) is 11.0. The quantitative estimate of drug-likeness (QED) is 0.456. The van der Waals surface area contributed by atoms with Crippen LogP contribution in [0.4, 0.5) is 11.4 Å². The molecule has 0 aromatic heterocycles. The maximum atomic E-state index is 12.7. The van der Waals surface area contributed by atoms with Crippen LogP contribution < -0.4 is 10.1 Å². The number of nitro groups is 1. The number of nitrogens with zero attached hydrogens (tertiary/aromatic N) is 1. The van der Waals surface area contributed by atoms with Gasteiger partial charge in [0.25, 0.3) is 5.69 Å². The number of nitro benzene ring substituents is 1. The lowest BCUT2D eigenvalue weighted by Gasteiger charge is -2.10. The summed E-state index contributed by atoms with van der Waals surface area (Å²) in [4.78, 5) is 22.4. The second-order valence-electron chi connectivity index (χ2n) is 6.32. The highest BCUT2D eigenvalue weighted by Gasteiger charge is 2.19. The van der Waals surface area contributed by atoms with Crippen molar-refractivity contribution >= 4 is 27.1 Å². The topological polar surface area (TPSA) is 116 Å². The number of hydrogen-bond donors (Lipinski definition) is 1. The van der Waals surface area contributed by atoms with Gasteiger partial charge in [-0.3, -0.25) is 14.9 Å². The van der Waals surface area contributed by atoms with Crippen molar-refractivity contribution in [2.75, 3.05) is 12.4 Å². The highest BCUT2D eigenvalue weighted by molar-refractivity contribution is 7.91. The van der Waals surface area contributed by atoms with E-state index < -0.39 is 14.8 Å². The summed E-state index contributed by atoms with van der Waals surface area (Å²) in [5.74, 6) is 0.336. The van der Waals surface area contributed by atoms with Crippen LogP contribution in [0.5, 0.6) is 5.75 Å². The Kier molecular flexibility index (Phi) is 6.12. The van der Waals surface area contributed by atoms with Crippen LogP contribution in [0.3, 0.4) is 0 Å². The molecule has 1 N–H and O–H groups in total. The molecule has 0 aliphatic rings. The molecule has 0 fully saturated rings. The molecule has 0 unspecified atom stereocenters. The minimum atomic E-state index is -3.84. The maximum Gasteiger partial charge on any atom is 0.269 e. The number of anilines is 1. The number of benzene rings is 3. The largest absolute Gasteiger partial charge is 0.496 e. The molecule has 0 saturated carbocycles. The van der Waals surface area contributed by atoms with E-state index in [-0.39, 0.29) is 27.8 Å². The summed E-state index contributed by atoms with van der Waals surface area (Å²) in [6, 6.07) is 17.5. The van der Waals surface area contributed by atoms with Crippen molar-refractivity contribution < 1.29 is 22.9 Å². The van der Waals surface area contributed by atoms with Crippen molar-refractivity contribution in [3.8, 4) is 5.75 Å². The van der Waals surface area contributed by atoms with Crippen molar-refractivity contribution in [1.82, 2.24) is 0 Å². The SMILES string of the molecule is COc1ccccc1CC(=O)Nc1ccc(S(=O)(=O)c2ccc([N+](=O)[O-])cc2)cc1.